The Labute approximate surface area is 323 Å². The molecule has 240 valence electrons. The van der Waals surface area contributed by atoms with Gasteiger partial charge in [0.15, 0.2) is 0 Å². The van der Waals surface area contributed by atoms with Gasteiger partial charge in [0.2, 0.25) is 0 Å². The lowest BCUT2D eigenvalue weighted by Crippen LogP contribution is -1.99. The zero-order valence-electron chi connectivity index (χ0n) is 45.7. The van der Waals surface area contributed by atoms with Crippen LogP contribution in [0.5, 0.6) is 0 Å². The van der Waals surface area contributed by atoms with Crippen LogP contribution in [0.25, 0.3) is 76.5 Å². The van der Waals surface area contributed by atoms with Gasteiger partial charge in [-0.15, -0.1) is 0 Å². The van der Waals surface area contributed by atoms with Crippen molar-refractivity contribution in [2.45, 2.75) is 12.8 Å². The summed E-state index contributed by atoms with van der Waals surface area (Å²) in [6.07, 6.45) is -1.31. The molecule has 0 saturated heterocycles. The van der Waals surface area contributed by atoms with E-state index in [4.69, 9.17) is 19.5 Å². The van der Waals surface area contributed by atoms with Crippen LogP contribution in [0.15, 0.2) is 186 Å². The summed E-state index contributed by atoms with van der Waals surface area (Å²) in [5, 5.41) is -0.0699. The second-order valence-corrected chi connectivity index (χ2v) is 12.2. The Bertz CT molecular complexity index is 3880. The molecule has 0 spiro atoms. The van der Waals surface area contributed by atoms with E-state index in [-0.39, 0.29) is 65.7 Å². The molecule has 1 heteroatoms. The second-order valence-electron chi connectivity index (χ2n) is 12.2. The fourth-order valence-electron chi connectivity index (χ4n) is 6.93. The van der Waals surface area contributed by atoms with E-state index >= 15 is 0 Å². The highest BCUT2D eigenvalue weighted by molar-refractivity contribution is 6.09. The average molecular weight is 670 g/mol. The van der Waals surface area contributed by atoms with Crippen LogP contribution in [0.2, 0.25) is 0 Å². The normalized spacial score (nSPS) is 16.9. The summed E-state index contributed by atoms with van der Waals surface area (Å²) in [6, 6.07) is 7.95. The highest BCUT2D eigenvalue weighted by Crippen LogP contribution is 2.40. The number of hydrogen-bond donors (Lipinski definition) is 0. The van der Waals surface area contributed by atoms with E-state index in [9.17, 15) is 11.0 Å². The third-order valence-electron chi connectivity index (χ3n) is 9.29. The molecule has 10 aromatic rings. The van der Waals surface area contributed by atoms with Crippen molar-refractivity contribution < 1.29 is 30.5 Å². The van der Waals surface area contributed by atoms with E-state index in [1.807, 2.05) is 48.5 Å². The van der Waals surface area contributed by atoms with Crippen LogP contribution in [0.3, 0.4) is 0 Å². The first-order valence-electron chi connectivity index (χ1n) is 25.7. The Morgan fingerprint density at radius 1 is 0.392 bits per heavy atom. The van der Waals surface area contributed by atoms with Gasteiger partial charge in [-0.3, -0.25) is 0 Å². The SMILES string of the molecule is [2H]c1c([2H])c([2H])c(Cc2c3c([2H])c([2H])c([2H])c([2H])c3c(Cc3c([2H])c([2H])c(-c4ccc5c(c4)oc4cc(-c6ccccc6)ccc45)c4c([2H])c([2H])c([2H])c([2H])c34)c3c([2H])c([2H])c([2H])c([2H])c23)c([2H])c1[2H]. The first kappa shape index (κ1) is 16.1. The van der Waals surface area contributed by atoms with Gasteiger partial charge in [-0.2, -0.15) is 0 Å². The van der Waals surface area contributed by atoms with E-state index in [0.29, 0.717) is 11.2 Å². The van der Waals surface area contributed by atoms with Crippen molar-refractivity contribution in [2.24, 2.45) is 0 Å². The zero-order valence-corrected chi connectivity index (χ0v) is 26.7. The number of hydrogen-bond acceptors (Lipinski definition) is 1. The van der Waals surface area contributed by atoms with E-state index in [0.717, 1.165) is 21.9 Å². The zero-order chi connectivity index (χ0) is 50.3. The number of benzene rings is 9. The lowest BCUT2D eigenvalue weighted by atomic mass is 9.85. The molecule has 0 aliphatic rings. The molecule has 0 aliphatic carbocycles. The van der Waals surface area contributed by atoms with Crippen LogP contribution in [-0.4, -0.2) is 0 Å². The third-order valence-corrected chi connectivity index (χ3v) is 9.29. The molecular formula is C50H34O. The monoisotopic (exact) mass is 669 g/mol. The maximum atomic E-state index is 9.66. The van der Waals surface area contributed by atoms with Crippen molar-refractivity contribution in [3.05, 3.63) is 204 Å². The molecular weight excluding hydrogens is 617 g/mol. The van der Waals surface area contributed by atoms with Crippen LogP contribution in [-0.2, 0) is 12.8 Å². The lowest BCUT2D eigenvalue weighted by molar-refractivity contribution is 0.669. The van der Waals surface area contributed by atoms with Crippen LogP contribution in [0, 0.1) is 0 Å². The van der Waals surface area contributed by atoms with Gasteiger partial charge in [-0.05, 0) is 114 Å². The second kappa shape index (κ2) is 12.2. The minimum absolute atomic E-state index is 0.0319. The number of fused-ring (bicyclic) bond motifs is 6. The Morgan fingerprint density at radius 3 is 1.57 bits per heavy atom. The van der Waals surface area contributed by atoms with Crippen LogP contribution < -0.4 is 0 Å². The van der Waals surface area contributed by atoms with Gasteiger partial charge in [-0.1, -0.05) is 157 Å². The van der Waals surface area contributed by atoms with E-state index in [2.05, 4.69) is 0 Å². The summed E-state index contributed by atoms with van der Waals surface area (Å²) in [6.45, 7) is 0. The van der Waals surface area contributed by atoms with Crippen LogP contribution in [0.1, 0.15) is 48.3 Å². The molecule has 0 aliphatic heterocycles. The van der Waals surface area contributed by atoms with E-state index in [1.165, 1.54) is 0 Å². The predicted octanol–water partition coefficient (Wildman–Crippen LogP) is 13.6. The van der Waals surface area contributed by atoms with E-state index < -0.39 is 128 Å². The number of rotatable bonds is 6. The molecule has 0 amide bonds. The van der Waals surface area contributed by atoms with Gasteiger partial charge in [0.25, 0.3) is 0 Å². The van der Waals surface area contributed by atoms with Crippen molar-refractivity contribution in [3.63, 3.8) is 0 Å². The summed E-state index contributed by atoms with van der Waals surface area (Å²) < 4.78 is 176. The minimum Gasteiger partial charge on any atom is -0.456 e. The van der Waals surface area contributed by atoms with Crippen molar-refractivity contribution in [1.82, 2.24) is 0 Å². The summed E-state index contributed by atoms with van der Waals surface area (Å²) in [7, 11) is 0. The summed E-state index contributed by atoms with van der Waals surface area (Å²) in [5.41, 5.74) is 2.18. The average Bonchev–Trinajstić information content (AvgIpc) is 3.73. The molecule has 0 bridgehead atoms. The van der Waals surface area contributed by atoms with Gasteiger partial charge in [0, 0.05) is 10.8 Å². The molecule has 1 heterocycles. The minimum atomic E-state index is -0.751. The van der Waals surface area contributed by atoms with Crippen molar-refractivity contribution >= 4 is 54.3 Å². The van der Waals surface area contributed by atoms with Crippen molar-refractivity contribution in [1.29, 1.82) is 0 Å². The molecule has 1 aromatic heterocycles. The highest BCUT2D eigenvalue weighted by atomic mass is 16.3. The Morgan fingerprint density at radius 2 is 0.922 bits per heavy atom. The molecule has 0 N–H and O–H groups in total. The third kappa shape index (κ3) is 5.09. The quantitative estimate of drug-likeness (QED) is 0.161. The maximum absolute atomic E-state index is 9.66. The molecule has 51 heavy (non-hydrogen) atoms. The first-order valence-corrected chi connectivity index (χ1v) is 16.2. The number of furan rings is 1. The standard InChI is InChI=1S/C50H34O/c1-3-13-33(14-4-1)29-47-41-19-9-11-21-43(41)48(44-22-12-10-20-42(44)47)30-36-24-26-39(40-18-8-7-17-38(36)40)37-25-28-46-45-27-23-35(34-15-5-2-6-16-34)31-49(45)51-50(46)32-37/h1-28,31-32H,29-30H2/i1D,3D,4D,7D,8D,9D,10D,11D,12D,13D,14D,17D,18D,19D,20D,21D,22D,24D,26D. The van der Waals surface area contributed by atoms with Crippen molar-refractivity contribution in [2.75, 3.05) is 0 Å². The highest BCUT2D eigenvalue weighted by Gasteiger charge is 2.17. The molecule has 0 saturated carbocycles. The molecule has 10 rings (SSSR count). The molecule has 0 fully saturated rings. The predicted molar refractivity (Wildman–Crippen MR) is 216 cm³/mol. The molecule has 0 radical (unpaired) electrons. The first-order chi connectivity index (χ1) is 33.2. The van der Waals surface area contributed by atoms with Crippen LogP contribution >= 0.6 is 0 Å². The van der Waals surface area contributed by atoms with Gasteiger partial charge >= 0.3 is 0 Å². The van der Waals surface area contributed by atoms with E-state index in [1.54, 1.807) is 18.2 Å². The van der Waals surface area contributed by atoms with Crippen molar-refractivity contribution in [3.8, 4) is 22.3 Å². The molecule has 0 atom stereocenters. The van der Waals surface area contributed by atoms with Gasteiger partial charge in [0.1, 0.15) is 11.2 Å². The maximum Gasteiger partial charge on any atom is 0.136 e. The lowest BCUT2D eigenvalue weighted by Gasteiger charge is -2.18. The fourth-order valence-corrected chi connectivity index (χ4v) is 6.93. The van der Waals surface area contributed by atoms with Gasteiger partial charge < -0.3 is 4.42 Å². The summed E-state index contributed by atoms with van der Waals surface area (Å²) in [4.78, 5) is 0. The van der Waals surface area contributed by atoms with Gasteiger partial charge in [-0.25, -0.2) is 0 Å². The Hall–Kier alpha value is -6.44. The molecule has 9 aromatic carbocycles. The summed E-state index contributed by atoms with van der Waals surface area (Å²) >= 11 is 0. The smallest absolute Gasteiger partial charge is 0.136 e. The van der Waals surface area contributed by atoms with Gasteiger partial charge in [0.05, 0.1) is 26.0 Å². The Balaban J connectivity index is 1.29. The topological polar surface area (TPSA) is 13.1 Å². The fraction of sp³-hybridized carbons (Fsp3) is 0.0400. The summed E-state index contributed by atoms with van der Waals surface area (Å²) in [5.74, 6) is 0. The Kier molecular flexibility index (Phi) is 3.83. The molecule has 0 unspecified atom stereocenters. The largest absolute Gasteiger partial charge is 0.456 e. The molecule has 1 nitrogen and oxygen atoms in total. The van der Waals surface area contributed by atoms with Crippen LogP contribution in [0.4, 0.5) is 0 Å².